The number of hydrogen-bond donors (Lipinski definition) is 0. The van der Waals surface area contributed by atoms with Gasteiger partial charge in [0, 0.05) is 44.1 Å². The van der Waals surface area contributed by atoms with Crippen LogP contribution in [0.25, 0.3) is 0 Å². The lowest BCUT2D eigenvalue weighted by Crippen LogP contribution is -2.51. The average molecular weight is 452 g/mol. The van der Waals surface area contributed by atoms with Gasteiger partial charge in [0.1, 0.15) is 5.75 Å². The van der Waals surface area contributed by atoms with E-state index in [9.17, 15) is 9.59 Å². The quantitative estimate of drug-likeness (QED) is 0.618. The molecule has 1 saturated heterocycles. The number of carbonyl (C=O) groups is 2. The molecule has 178 valence electrons. The summed E-state index contributed by atoms with van der Waals surface area (Å²) in [5, 5.41) is 0. The van der Waals surface area contributed by atoms with Gasteiger partial charge in [-0.05, 0) is 42.2 Å². The molecule has 1 aromatic heterocycles. The van der Waals surface area contributed by atoms with E-state index < -0.39 is 0 Å². The van der Waals surface area contributed by atoms with E-state index in [0.29, 0.717) is 44.8 Å². The van der Waals surface area contributed by atoms with Gasteiger partial charge in [-0.2, -0.15) is 0 Å². The lowest BCUT2D eigenvalue weighted by molar-refractivity contribution is -0.131. The van der Waals surface area contributed by atoms with Crippen molar-refractivity contribution in [3.63, 3.8) is 0 Å². The standard InChI is InChI=1S/C26H33N3O3.CH4/c30-25(18-22-8-5-12-27-20-22)28-13-15-29(16-14-28)26(31)23-9-4-10-24(19-23)32-17-11-21-6-2-1-3-7-21;/h4-5,8-10,12,19-21H,1-3,6-7,11,13-18H2;1H4. The van der Waals surface area contributed by atoms with Gasteiger partial charge in [0.15, 0.2) is 0 Å². The highest BCUT2D eigenvalue weighted by molar-refractivity contribution is 5.94. The van der Waals surface area contributed by atoms with Crippen LogP contribution in [0, 0.1) is 5.92 Å². The molecule has 2 heterocycles. The van der Waals surface area contributed by atoms with Crippen LogP contribution in [-0.4, -0.2) is 59.4 Å². The third-order valence-electron chi connectivity index (χ3n) is 6.60. The minimum Gasteiger partial charge on any atom is -0.494 e. The largest absolute Gasteiger partial charge is 0.494 e. The Morgan fingerprint density at radius 3 is 2.45 bits per heavy atom. The van der Waals surface area contributed by atoms with E-state index in [-0.39, 0.29) is 19.2 Å². The molecule has 6 nitrogen and oxygen atoms in total. The highest BCUT2D eigenvalue weighted by atomic mass is 16.5. The molecule has 6 heteroatoms. The van der Waals surface area contributed by atoms with Crippen molar-refractivity contribution in [2.75, 3.05) is 32.8 Å². The minimum atomic E-state index is 0. The van der Waals surface area contributed by atoms with Gasteiger partial charge in [0.05, 0.1) is 13.0 Å². The fourth-order valence-electron chi connectivity index (χ4n) is 4.67. The Kier molecular flexibility index (Phi) is 9.28. The topological polar surface area (TPSA) is 62.7 Å². The Morgan fingerprint density at radius 1 is 0.970 bits per heavy atom. The second-order valence-corrected chi connectivity index (χ2v) is 8.88. The van der Waals surface area contributed by atoms with Crippen LogP contribution in [0.5, 0.6) is 5.75 Å². The maximum Gasteiger partial charge on any atom is 0.254 e. The van der Waals surface area contributed by atoms with Crippen molar-refractivity contribution in [1.82, 2.24) is 14.8 Å². The van der Waals surface area contributed by atoms with E-state index in [1.165, 1.54) is 32.1 Å². The minimum absolute atomic E-state index is 0. The molecule has 2 aliphatic rings. The van der Waals surface area contributed by atoms with E-state index >= 15 is 0 Å². The number of amides is 2. The van der Waals surface area contributed by atoms with Crippen molar-refractivity contribution in [3.8, 4) is 5.75 Å². The predicted molar refractivity (Wildman–Crippen MR) is 130 cm³/mol. The molecule has 2 aromatic rings. The first-order chi connectivity index (χ1) is 15.7. The van der Waals surface area contributed by atoms with Crippen LogP contribution in [-0.2, 0) is 11.2 Å². The summed E-state index contributed by atoms with van der Waals surface area (Å²) in [6.07, 6.45) is 11.6. The Labute approximate surface area is 197 Å². The fraction of sp³-hybridized carbons (Fsp3) is 0.519. The molecule has 2 fully saturated rings. The van der Waals surface area contributed by atoms with Crippen molar-refractivity contribution in [2.24, 2.45) is 5.92 Å². The number of pyridine rings is 1. The molecule has 1 aliphatic heterocycles. The third kappa shape index (κ3) is 7.04. The zero-order valence-electron chi connectivity index (χ0n) is 18.7. The summed E-state index contributed by atoms with van der Waals surface area (Å²) < 4.78 is 5.96. The third-order valence-corrected chi connectivity index (χ3v) is 6.60. The molecule has 33 heavy (non-hydrogen) atoms. The van der Waals surface area contributed by atoms with Crippen molar-refractivity contribution >= 4 is 11.8 Å². The molecular weight excluding hydrogens is 414 g/mol. The van der Waals surface area contributed by atoms with Crippen molar-refractivity contribution in [3.05, 3.63) is 59.9 Å². The molecule has 1 saturated carbocycles. The van der Waals surface area contributed by atoms with Gasteiger partial charge >= 0.3 is 0 Å². The van der Waals surface area contributed by atoms with Gasteiger partial charge in [-0.1, -0.05) is 51.7 Å². The number of carbonyl (C=O) groups excluding carboxylic acids is 2. The molecule has 0 unspecified atom stereocenters. The van der Waals surface area contributed by atoms with E-state index in [4.69, 9.17) is 4.74 Å². The van der Waals surface area contributed by atoms with Gasteiger partial charge in [-0.15, -0.1) is 0 Å². The summed E-state index contributed by atoms with van der Waals surface area (Å²) in [7, 11) is 0. The summed E-state index contributed by atoms with van der Waals surface area (Å²) in [6, 6.07) is 11.3. The predicted octanol–water partition coefficient (Wildman–Crippen LogP) is 4.59. The number of nitrogens with zero attached hydrogens (tertiary/aromatic N) is 3. The molecular formula is C27H37N3O3. The van der Waals surface area contributed by atoms with Crippen molar-refractivity contribution in [1.29, 1.82) is 0 Å². The van der Waals surface area contributed by atoms with Crippen LogP contribution >= 0.6 is 0 Å². The molecule has 0 N–H and O–H groups in total. The molecule has 1 aromatic carbocycles. The lowest BCUT2D eigenvalue weighted by atomic mass is 9.87. The molecule has 0 radical (unpaired) electrons. The first-order valence-corrected chi connectivity index (χ1v) is 11.9. The van der Waals surface area contributed by atoms with Crippen LogP contribution < -0.4 is 4.74 Å². The lowest BCUT2D eigenvalue weighted by Gasteiger charge is -2.35. The van der Waals surface area contributed by atoms with Gasteiger partial charge in [-0.25, -0.2) is 0 Å². The number of aromatic nitrogens is 1. The highest BCUT2D eigenvalue weighted by Crippen LogP contribution is 2.26. The molecule has 0 spiro atoms. The Bertz CT molecular complexity index is 888. The summed E-state index contributed by atoms with van der Waals surface area (Å²) in [4.78, 5) is 33.3. The van der Waals surface area contributed by atoms with E-state index in [2.05, 4.69) is 4.98 Å². The van der Waals surface area contributed by atoms with Gasteiger partial charge in [-0.3, -0.25) is 14.6 Å². The van der Waals surface area contributed by atoms with Crippen LogP contribution in [0.15, 0.2) is 48.8 Å². The zero-order valence-corrected chi connectivity index (χ0v) is 18.7. The molecule has 0 bridgehead atoms. The number of ether oxygens (including phenoxy) is 1. The van der Waals surface area contributed by atoms with Crippen molar-refractivity contribution < 1.29 is 14.3 Å². The molecule has 1 aliphatic carbocycles. The summed E-state index contributed by atoms with van der Waals surface area (Å²) in [6.45, 7) is 2.92. The zero-order chi connectivity index (χ0) is 22.2. The Morgan fingerprint density at radius 2 is 1.73 bits per heavy atom. The van der Waals surface area contributed by atoms with Gasteiger partial charge in [0.25, 0.3) is 5.91 Å². The number of benzene rings is 1. The highest BCUT2D eigenvalue weighted by Gasteiger charge is 2.25. The number of piperazine rings is 1. The van der Waals surface area contributed by atoms with Crippen LogP contribution in [0.3, 0.4) is 0 Å². The van der Waals surface area contributed by atoms with Crippen molar-refractivity contribution in [2.45, 2.75) is 52.4 Å². The second-order valence-electron chi connectivity index (χ2n) is 8.88. The average Bonchev–Trinajstić information content (AvgIpc) is 2.85. The van der Waals surface area contributed by atoms with Gasteiger partial charge < -0.3 is 14.5 Å². The van der Waals surface area contributed by atoms with Crippen LogP contribution in [0.4, 0.5) is 0 Å². The maximum atomic E-state index is 13.0. The fourth-order valence-corrected chi connectivity index (χ4v) is 4.67. The first-order valence-electron chi connectivity index (χ1n) is 11.9. The number of hydrogen-bond acceptors (Lipinski definition) is 4. The van der Waals surface area contributed by atoms with Crippen LogP contribution in [0.2, 0.25) is 0 Å². The SMILES string of the molecule is C.O=C(Cc1cccnc1)N1CCN(C(=O)c2cccc(OCCC3CCCCC3)c2)CC1. The Balaban J connectivity index is 0.00000306. The maximum absolute atomic E-state index is 13.0. The summed E-state index contributed by atoms with van der Waals surface area (Å²) in [5.41, 5.74) is 1.56. The van der Waals surface area contributed by atoms with Gasteiger partial charge in [0.2, 0.25) is 5.91 Å². The van der Waals surface area contributed by atoms with E-state index in [1.54, 1.807) is 12.4 Å². The smallest absolute Gasteiger partial charge is 0.254 e. The second kappa shape index (κ2) is 12.4. The van der Waals surface area contributed by atoms with Crippen LogP contribution in [0.1, 0.15) is 61.9 Å². The Hall–Kier alpha value is -2.89. The molecule has 2 amide bonds. The summed E-state index contributed by atoms with van der Waals surface area (Å²) in [5.74, 6) is 1.63. The van der Waals surface area contributed by atoms with E-state index in [1.807, 2.05) is 46.2 Å². The summed E-state index contributed by atoms with van der Waals surface area (Å²) >= 11 is 0. The van der Waals surface area contributed by atoms with E-state index in [0.717, 1.165) is 23.7 Å². The normalized spacial score (nSPS) is 16.7. The monoisotopic (exact) mass is 451 g/mol. The molecule has 4 rings (SSSR count). The first kappa shape index (κ1) is 24.7. The molecule has 0 atom stereocenters. The number of rotatable bonds is 7.